The molecular weight excluding hydrogens is 222 g/mol. The third-order valence-corrected chi connectivity index (χ3v) is 4.02. The van der Waals surface area contributed by atoms with Gasteiger partial charge in [0, 0.05) is 19.2 Å². The van der Waals surface area contributed by atoms with Gasteiger partial charge in [-0.15, -0.1) is 0 Å². The lowest BCUT2D eigenvalue weighted by atomic mass is 9.92. The van der Waals surface area contributed by atoms with Crippen LogP contribution in [0.4, 0.5) is 0 Å². The van der Waals surface area contributed by atoms with Crippen LogP contribution in [0.2, 0.25) is 0 Å². The van der Waals surface area contributed by atoms with Crippen LogP contribution in [0.25, 0.3) is 0 Å². The highest BCUT2D eigenvalue weighted by Crippen LogP contribution is 2.23. The van der Waals surface area contributed by atoms with E-state index >= 15 is 0 Å². The summed E-state index contributed by atoms with van der Waals surface area (Å²) in [4.78, 5) is 0. The van der Waals surface area contributed by atoms with E-state index in [0.29, 0.717) is 18.2 Å². The van der Waals surface area contributed by atoms with Crippen LogP contribution < -0.4 is 5.32 Å². The molecular formula is C16H25NO. The van der Waals surface area contributed by atoms with Gasteiger partial charge in [0.1, 0.15) is 0 Å². The maximum absolute atomic E-state index is 5.48. The van der Waals surface area contributed by atoms with Gasteiger partial charge in [0.25, 0.3) is 0 Å². The lowest BCUT2D eigenvalue weighted by Crippen LogP contribution is -2.38. The Morgan fingerprint density at radius 2 is 1.94 bits per heavy atom. The molecule has 0 spiro atoms. The molecule has 2 heteroatoms. The fourth-order valence-corrected chi connectivity index (χ4v) is 2.82. The first kappa shape index (κ1) is 13.6. The molecule has 0 amide bonds. The second kappa shape index (κ2) is 6.35. The summed E-state index contributed by atoms with van der Waals surface area (Å²) in [6, 6.07) is 9.84. The predicted octanol–water partition coefficient (Wildman–Crippen LogP) is 3.60. The molecule has 1 N–H and O–H groups in total. The van der Waals surface area contributed by atoms with E-state index in [0.717, 1.165) is 6.42 Å². The minimum absolute atomic E-state index is 0.422. The van der Waals surface area contributed by atoms with Crippen molar-refractivity contribution in [3.05, 3.63) is 35.4 Å². The van der Waals surface area contributed by atoms with Crippen molar-refractivity contribution in [1.29, 1.82) is 0 Å². The highest BCUT2D eigenvalue weighted by atomic mass is 16.5. The van der Waals surface area contributed by atoms with Crippen LogP contribution >= 0.6 is 0 Å². The van der Waals surface area contributed by atoms with Gasteiger partial charge in [0.15, 0.2) is 0 Å². The first-order chi connectivity index (χ1) is 8.69. The molecule has 0 bridgehead atoms. The van der Waals surface area contributed by atoms with Crippen LogP contribution in [0.3, 0.4) is 0 Å². The van der Waals surface area contributed by atoms with Crippen molar-refractivity contribution in [1.82, 2.24) is 5.32 Å². The molecule has 1 aromatic carbocycles. The topological polar surface area (TPSA) is 21.3 Å². The monoisotopic (exact) mass is 247 g/mol. The van der Waals surface area contributed by atoms with Crippen LogP contribution in [0.5, 0.6) is 0 Å². The van der Waals surface area contributed by atoms with Gasteiger partial charge in [-0.2, -0.15) is 0 Å². The van der Waals surface area contributed by atoms with Gasteiger partial charge in [-0.05, 0) is 45.1 Å². The Kier molecular flexibility index (Phi) is 4.79. The van der Waals surface area contributed by atoms with E-state index in [1.165, 1.54) is 30.4 Å². The van der Waals surface area contributed by atoms with Gasteiger partial charge in [-0.25, -0.2) is 0 Å². The molecule has 2 unspecified atom stereocenters. The SMILES string of the molecule is COC1CCCC(N[C@H](C)c2ccc(C)cc2)C1. The van der Waals surface area contributed by atoms with E-state index in [2.05, 4.69) is 43.4 Å². The van der Waals surface area contributed by atoms with Crippen LogP contribution in [0, 0.1) is 6.92 Å². The summed E-state index contributed by atoms with van der Waals surface area (Å²) in [5, 5.41) is 3.74. The molecule has 0 radical (unpaired) electrons. The minimum Gasteiger partial charge on any atom is -0.381 e. The minimum atomic E-state index is 0.422. The molecule has 0 aromatic heterocycles. The van der Waals surface area contributed by atoms with Crippen molar-refractivity contribution in [2.45, 2.75) is 57.7 Å². The molecule has 1 aliphatic carbocycles. The smallest absolute Gasteiger partial charge is 0.0586 e. The van der Waals surface area contributed by atoms with E-state index in [-0.39, 0.29) is 0 Å². The van der Waals surface area contributed by atoms with Gasteiger partial charge in [0.05, 0.1) is 6.10 Å². The summed E-state index contributed by atoms with van der Waals surface area (Å²) in [7, 11) is 1.83. The molecule has 2 nitrogen and oxygen atoms in total. The van der Waals surface area contributed by atoms with E-state index in [1.54, 1.807) is 0 Å². The zero-order chi connectivity index (χ0) is 13.0. The molecule has 0 saturated heterocycles. The Bertz CT molecular complexity index is 360. The third kappa shape index (κ3) is 3.56. The van der Waals surface area contributed by atoms with Gasteiger partial charge in [0.2, 0.25) is 0 Å². The Balaban J connectivity index is 1.90. The highest BCUT2D eigenvalue weighted by Gasteiger charge is 2.22. The Morgan fingerprint density at radius 3 is 2.61 bits per heavy atom. The average Bonchev–Trinajstić information content (AvgIpc) is 2.39. The van der Waals surface area contributed by atoms with Crippen molar-refractivity contribution in [2.24, 2.45) is 0 Å². The van der Waals surface area contributed by atoms with Crippen molar-refractivity contribution >= 4 is 0 Å². The summed E-state index contributed by atoms with van der Waals surface area (Å²) in [5.74, 6) is 0. The Hall–Kier alpha value is -0.860. The van der Waals surface area contributed by atoms with Crippen LogP contribution in [-0.2, 0) is 4.74 Å². The summed E-state index contributed by atoms with van der Waals surface area (Å²) in [6.45, 7) is 4.38. The molecule has 0 heterocycles. The normalized spacial score (nSPS) is 25.9. The summed E-state index contributed by atoms with van der Waals surface area (Å²) >= 11 is 0. The van der Waals surface area contributed by atoms with Crippen molar-refractivity contribution < 1.29 is 4.74 Å². The van der Waals surface area contributed by atoms with Gasteiger partial charge < -0.3 is 10.1 Å². The lowest BCUT2D eigenvalue weighted by Gasteiger charge is -2.31. The predicted molar refractivity (Wildman–Crippen MR) is 75.8 cm³/mol. The number of hydrogen-bond donors (Lipinski definition) is 1. The fourth-order valence-electron chi connectivity index (χ4n) is 2.82. The highest BCUT2D eigenvalue weighted by molar-refractivity contribution is 5.23. The number of methoxy groups -OCH3 is 1. The molecule has 2 rings (SSSR count). The number of rotatable bonds is 4. The fraction of sp³-hybridized carbons (Fsp3) is 0.625. The standard InChI is InChI=1S/C16H25NO/c1-12-7-9-14(10-8-12)13(2)17-15-5-4-6-16(11-15)18-3/h7-10,13,15-17H,4-6,11H2,1-3H3/t13-,15?,16?/m1/s1. The molecule has 18 heavy (non-hydrogen) atoms. The van der Waals surface area contributed by atoms with Gasteiger partial charge >= 0.3 is 0 Å². The number of nitrogens with one attached hydrogen (secondary N) is 1. The zero-order valence-electron chi connectivity index (χ0n) is 11.8. The largest absolute Gasteiger partial charge is 0.381 e. The van der Waals surface area contributed by atoms with Crippen LogP contribution in [0.1, 0.15) is 49.8 Å². The molecule has 3 atom stereocenters. The summed E-state index contributed by atoms with van der Waals surface area (Å²) < 4.78 is 5.48. The molecule has 1 aromatic rings. The average molecular weight is 247 g/mol. The van der Waals surface area contributed by atoms with E-state index in [4.69, 9.17) is 4.74 Å². The second-order valence-electron chi connectivity index (χ2n) is 5.52. The Labute approximate surface area is 111 Å². The van der Waals surface area contributed by atoms with Crippen molar-refractivity contribution in [2.75, 3.05) is 7.11 Å². The van der Waals surface area contributed by atoms with Crippen molar-refractivity contribution in [3.8, 4) is 0 Å². The maximum Gasteiger partial charge on any atom is 0.0586 e. The number of benzene rings is 1. The lowest BCUT2D eigenvalue weighted by molar-refractivity contribution is 0.0572. The second-order valence-corrected chi connectivity index (χ2v) is 5.52. The first-order valence-electron chi connectivity index (χ1n) is 7.04. The quantitative estimate of drug-likeness (QED) is 0.877. The van der Waals surface area contributed by atoms with Crippen LogP contribution in [0.15, 0.2) is 24.3 Å². The van der Waals surface area contributed by atoms with E-state index in [1.807, 2.05) is 7.11 Å². The Morgan fingerprint density at radius 1 is 1.22 bits per heavy atom. The third-order valence-electron chi connectivity index (χ3n) is 4.02. The molecule has 1 aliphatic rings. The molecule has 100 valence electrons. The summed E-state index contributed by atoms with van der Waals surface area (Å²) in [5.41, 5.74) is 2.70. The molecule has 0 aliphatic heterocycles. The first-order valence-corrected chi connectivity index (χ1v) is 7.04. The number of aryl methyl sites for hydroxylation is 1. The zero-order valence-corrected chi connectivity index (χ0v) is 11.8. The van der Waals surface area contributed by atoms with E-state index < -0.39 is 0 Å². The number of hydrogen-bond acceptors (Lipinski definition) is 2. The van der Waals surface area contributed by atoms with Crippen LogP contribution in [-0.4, -0.2) is 19.3 Å². The molecule has 1 fully saturated rings. The summed E-state index contributed by atoms with van der Waals surface area (Å²) in [6.07, 6.45) is 5.36. The van der Waals surface area contributed by atoms with Gasteiger partial charge in [-0.3, -0.25) is 0 Å². The molecule has 1 saturated carbocycles. The maximum atomic E-state index is 5.48. The van der Waals surface area contributed by atoms with E-state index in [9.17, 15) is 0 Å². The number of ether oxygens (including phenoxy) is 1. The van der Waals surface area contributed by atoms with Crippen molar-refractivity contribution in [3.63, 3.8) is 0 Å². The van der Waals surface area contributed by atoms with Gasteiger partial charge in [-0.1, -0.05) is 29.8 Å².